The highest BCUT2D eigenvalue weighted by atomic mass is 35.5. The van der Waals surface area contributed by atoms with E-state index in [-0.39, 0.29) is 4.90 Å². The number of nitrogens with one attached hydrogen (secondary N) is 2. The number of aryl methyl sites for hydroxylation is 1. The maximum atomic E-state index is 13.2. The molecule has 5 nitrogen and oxygen atoms in total. The Kier molecular flexibility index (Phi) is 5.11. The van der Waals surface area contributed by atoms with E-state index in [0.717, 1.165) is 6.07 Å². The van der Waals surface area contributed by atoms with Crippen molar-refractivity contribution >= 4 is 38.8 Å². The molecule has 0 saturated carbocycles. The van der Waals surface area contributed by atoms with Gasteiger partial charge in [0.2, 0.25) is 0 Å². The van der Waals surface area contributed by atoms with E-state index in [9.17, 15) is 12.8 Å². The van der Waals surface area contributed by atoms with Gasteiger partial charge in [-0.05, 0) is 55.0 Å². The number of para-hydroxylation sites is 1. The second kappa shape index (κ2) is 7.31. The summed E-state index contributed by atoms with van der Waals surface area (Å²) in [5, 5.41) is 3.59. The average Bonchev–Trinajstić information content (AvgIpc) is 2.58. The minimum atomic E-state index is -3.84. The Morgan fingerprint density at radius 1 is 1.08 bits per heavy atom. The fourth-order valence-corrected chi connectivity index (χ4v) is 3.81. The van der Waals surface area contributed by atoms with Gasteiger partial charge in [0.15, 0.2) is 0 Å². The number of aromatic nitrogens is 1. The molecule has 2 N–H and O–H groups in total. The number of nitrogens with zero attached hydrogens (tertiary/aromatic N) is 1. The molecule has 0 spiro atoms. The van der Waals surface area contributed by atoms with Crippen molar-refractivity contribution in [2.24, 2.45) is 0 Å². The molecule has 0 atom stereocenters. The Morgan fingerprint density at radius 3 is 2.50 bits per heavy atom. The monoisotopic (exact) mass is 391 g/mol. The highest BCUT2D eigenvalue weighted by molar-refractivity contribution is 7.92. The fraction of sp³-hybridized carbons (Fsp3) is 0.0556. The van der Waals surface area contributed by atoms with Crippen LogP contribution in [0.4, 0.5) is 21.6 Å². The lowest BCUT2D eigenvalue weighted by Crippen LogP contribution is -2.14. The quantitative estimate of drug-likeness (QED) is 0.659. The number of hydrogen-bond donors (Lipinski definition) is 2. The number of rotatable bonds is 5. The first-order chi connectivity index (χ1) is 12.3. The summed E-state index contributed by atoms with van der Waals surface area (Å²) >= 11 is 6.08. The number of pyridine rings is 1. The van der Waals surface area contributed by atoms with E-state index in [1.165, 1.54) is 25.3 Å². The molecule has 1 heterocycles. The van der Waals surface area contributed by atoms with Gasteiger partial charge in [-0.25, -0.2) is 17.8 Å². The van der Waals surface area contributed by atoms with Crippen LogP contribution in [-0.4, -0.2) is 13.4 Å². The molecule has 26 heavy (non-hydrogen) atoms. The first kappa shape index (κ1) is 18.2. The molecule has 0 aliphatic rings. The minimum absolute atomic E-state index is 0.0113. The molecular formula is C18H15ClFN3O2S. The first-order valence-corrected chi connectivity index (χ1v) is 9.48. The van der Waals surface area contributed by atoms with E-state index in [4.69, 9.17) is 11.6 Å². The molecule has 3 rings (SSSR count). The zero-order valence-electron chi connectivity index (χ0n) is 13.7. The van der Waals surface area contributed by atoms with Crippen LogP contribution in [-0.2, 0) is 10.0 Å². The van der Waals surface area contributed by atoms with Gasteiger partial charge in [0.25, 0.3) is 10.0 Å². The van der Waals surface area contributed by atoms with Crippen molar-refractivity contribution in [3.8, 4) is 0 Å². The Morgan fingerprint density at radius 2 is 1.85 bits per heavy atom. The van der Waals surface area contributed by atoms with Crippen molar-refractivity contribution in [1.82, 2.24) is 4.98 Å². The van der Waals surface area contributed by atoms with Crippen LogP contribution in [0.1, 0.15) is 5.56 Å². The van der Waals surface area contributed by atoms with Crippen LogP contribution in [0.3, 0.4) is 0 Å². The van der Waals surface area contributed by atoms with Crippen LogP contribution in [0.5, 0.6) is 0 Å². The topological polar surface area (TPSA) is 71.1 Å². The van der Waals surface area contributed by atoms with Crippen LogP contribution < -0.4 is 10.0 Å². The lowest BCUT2D eigenvalue weighted by Gasteiger charge is -2.11. The zero-order chi connectivity index (χ0) is 18.7. The van der Waals surface area contributed by atoms with Crippen molar-refractivity contribution in [2.75, 3.05) is 10.0 Å². The van der Waals surface area contributed by atoms with Crippen LogP contribution in [0, 0.1) is 12.7 Å². The average molecular weight is 392 g/mol. The molecule has 1 aromatic heterocycles. The van der Waals surface area contributed by atoms with Gasteiger partial charge in [-0.15, -0.1) is 0 Å². The van der Waals surface area contributed by atoms with Gasteiger partial charge in [0, 0.05) is 0 Å². The van der Waals surface area contributed by atoms with Crippen LogP contribution in [0.25, 0.3) is 0 Å². The zero-order valence-corrected chi connectivity index (χ0v) is 15.3. The molecule has 0 bridgehead atoms. The summed E-state index contributed by atoms with van der Waals surface area (Å²) in [5.74, 6) is 0.0251. The Hall–Kier alpha value is -2.64. The van der Waals surface area contributed by atoms with Crippen LogP contribution >= 0.6 is 11.6 Å². The lowest BCUT2D eigenvalue weighted by molar-refractivity contribution is 0.598. The van der Waals surface area contributed by atoms with Crippen molar-refractivity contribution in [3.05, 3.63) is 77.2 Å². The standard InChI is InChI=1S/C18H15ClFN3O2S/c1-12-10-13(20)6-8-17(12)26(24,25)23-14-7-9-18(21-11-14)22-16-5-3-2-4-15(16)19/h2-11,23H,1H3,(H,21,22). The summed E-state index contributed by atoms with van der Waals surface area (Å²) in [4.78, 5) is 4.18. The largest absolute Gasteiger partial charge is 0.339 e. The Balaban J connectivity index is 1.77. The van der Waals surface area contributed by atoms with Crippen molar-refractivity contribution in [2.45, 2.75) is 11.8 Å². The van der Waals surface area contributed by atoms with Gasteiger partial charge >= 0.3 is 0 Å². The summed E-state index contributed by atoms with van der Waals surface area (Å²) in [6, 6.07) is 13.9. The Bertz CT molecular complexity index is 1040. The third-order valence-electron chi connectivity index (χ3n) is 3.58. The second-order valence-electron chi connectivity index (χ2n) is 5.55. The number of anilines is 3. The second-order valence-corrected chi connectivity index (χ2v) is 7.61. The summed E-state index contributed by atoms with van der Waals surface area (Å²) in [6.07, 6.45) is 1.38. The van der Waals surface area contributed by atoms with Crippen LogP contribution in [0.2, 0.25) is 5.02 Å². The molecule has 0 aliphatic heterocycles. The number of halogens is 2. The predicted octanol–water partition coefficient (Wildman–Crippen LogP) is 4.73. The number of sulfonamides is 1. The molecule has 134 valence electrons. The van der Waals surface area contributed by atoms with E-state index >= 15 is 0 Å². The predicted molar refractivity (Wildman–Crippen MR) is 101 cm³/mol. The van der Waals surface area contributed by atoms with Gasteiger partial charge in [0.05, 0.1) is 27.5 Å². The van der Waals surface area contributed by atoms with Crippen molar-refractivity contribution in [1.29, 1.82) is 0 Å². The lowest BCUT2D eigenvalue weighted by atomic mass is 10.2. The SMILES string of the molecule is Cc1cc(F)ccc1S(=O)(=O)Nc1ccc(Nc2ccccc2Cl)nc1. The summed E-state index contributed by atoms with van der Waals surface area (Å²) in [5.41, 5.74) is 1.30. The molecule has 0 radical (unpaired) electrons. The third-order valence-corrected chi connectivity index (χ3v) is 5.45. The Labute approximate surface area is 155 Å². The van der Waals surface area contributed by atoms with E-state index in [1.54, 1.807) is 24.3 Å². The summed E-state index contributed by atoms with van der Waals surface area (Å²) in [7, 11) is -3.84. The van der Waals surface area contributed by atoms with Crippen molar-refractivity contribution in [3.63, 3.8) is 0 Å². The molecule has 2 aromatic carbocycles. The van der Waals surface area contributed by atoms with Gasteiger partial charge in [-0.3, -0.25) is 4.72 Å². The van der Waals surface area contributed by atoms with Gasteiger partial charge in [-0.1, -0.05) is 23.7 Å². The highest BCUT2D eigenvalue weighted by Crippen LogP contribution is 2.25. The molecule has 8 heteroatoms. The highest BCUT2D eigenvalue weighted by Gasteiger charge is 2.17. The maximum Gasteiger partial charge on any atom is 0.262 e. The molecule has 0 saturated heterocycles. The van der Waals surface area contributed by atoms with Crippen LogP contribution in [0.15, 0.2) is 65.7 Å². The van der Waals surface area contributed by atoms with E-state index < -0.39 is 15.8 Å². The van der Waals surface area contributed by atoms with Gasteiger partial charge in [-0.2, -0.15) is 0 Å². The van der Waals surface area contributed by atoms with Crippen molar-refractivity contribution < 1.29 is 12.8 Å². The maximum absolute atomic E-state index is 13.2. The van der Waals surface area contributed by atoms with Gasteiger partial charge in [0.1, 0.15) is 11.6 Å². The third kappa shape index (κ3) is 4.12. The molecule has 0 amide bonds. The summed E-state index contributed by atoms with van der Waals surface area (Å²) < 4.78 is 40.5. The molecule has 0 aliphatic carbocycles. The fourth-order valence-electron chi connectivity index (χ4n) is 2.35. The smallest absolute Gasteiger partial charge is 0.262 e. The molecule has 3 aromatic rings. The normalized spacial score (nSPS) is 11.2. The van der Waals surface area contributed by atoms with E-state index in [2.05, 4.69) is 15.0 Å². The number of benzene rings is 2. The molecule has 0 unspecified atom stereocenters. The van der Waals surface area contributed by atoms with Gasteiger partial charge < -0.3 is 5.32 Å². The van der Waals surface area contributed by atoms with E-state index in [1.807, 2.05) is 12.1 Å². The summed E-state index contributed by atoms with van der Waals surface area (Å²) in [6.45, 7) is 1.53. The number of hydrogen-bond acceptors (Lipinski definition) is 4. The molecule has 0 fully saturated rings. The first-order valence-electron chi connectivity index (χ1n) is 7.62. The molecular weight excluding hydrogens is 377 g/mol. The minimum Gasteiger partial charge on any atom is -0.339 e. The van der Waals surface area contributed by atoms with E-state index in [0.29, 0.717) is 27.8 Å².